The van der Waals surface area contributed by atoms with E-state index in [2.05, 4.69) is 0 Å². The minimum atomic E-state index is -1.20. The molecule has 0 bridgehead atoms. The molecule has 0 radical (unpaired) electrons. The molecule has 0 aromatic carbocycles. The van der Waals surface area contributed by atoms with Gasteiger partial charge in [-0.1, -0.05) is 6.92 Å². The number of carbonyl (C=O) groups excluding carboxylic acids is 4. The predicted octanol–water partition coefficient (Wildman–Crippen LogP) is 0.337. The third kappa shape index (κ3) is 5.80. The molecule has 2 unspecified atom stereocenters. The molecule has 9 heteroatoms. The normalized spacial score (nSPS) is 29.3. The summed E-state index contributed by atoms with van der Waals surface area (Å²) in [4.78, 5) is 45.0. The van der Waals surface area contributed by atoms with Crippen LogP contribution in [0.5, 0.6) is 0 Å². The maximum Gasteiger partial charge on any atom is 0.305 e. The fraction of sp³-hybridized carbons (Fsp3) is 0.733. The summed E-state index contributed by atoms with van der Waals surface area (Å²) in [7, 11) is 0. The fourth-order valence-electron chi connectivity index (χ4n) is 2.42. The minimum Gasteiger partial charge on any atom is -0.463 e. The summed E-state index contributed by atoms with van der Waals surface area (Å²) in [5.74, 6) is -2.92. The van der Waals surface area contributed by atoms with Crippen molar-refractivity contribution in [1.29, 1.82) is 0 Å². The maximum atomic E-state index is 11.4. The van der Waals surface area contributed by atoms with E-state index in [0.29, 0.717) is 0 Å². The van der Waals surface area contributed by atoms with Crippen LogP contribution < -0.4 is 0 Å². The van der Waals surface area contributed by atoms with Crippen LogP contribution in [0.4, 0.5) is 0 Å². The van der Waals surface area contributed by atoms with Crippen molar-refractivity contribution in [3.05, 3.63) is 0 Å². The van der Waals surface area contributed by atoms with Crippen molar-refractivity contribution in [2.45, 2.75) is 59.2 Å². The first kappa shape index (κ1) is 19.9. The van der Waals surface area contributed by atoms with E-state index in [4.69, 9.17) is 23.7 Å². The third-order valence-corrected chi connectivity index (χ3v) is 3.32. The summed E-state index contributed by atoms with van der Waals surface area (Å²) in [5, 5.41) is 0. The zero-order valence-corrected chi connectivity index (χ0v) is 14.3. The Hall–Kier alpha value is -2.16. The Kier molecular flexibility index (Phi) is 7.15. The molecule has 1 aliphatic heterocycles. The zero-order chi connectivity index (χ0) is 18.4. The first-order valence-corrected chi connectivity index (χ1v) is 7.42. The lowest BCUT2D eigenvalue weighted by atomic mass is 9.90. The molecule has 1 saturated heterocycles. The molecular formula is C15H22O9. The molecule has 0 spiro atoms. The molecule has 0 amide bonds. The molecule has 1 rings (SSSR count). The van der Waals surface area contributed by atoms with E-state index in [1.807, 2.05) is 0 Å². The van der Waals surface area contributed by atoms with Crippen molar-refractivity contribution in [3.63, 3.8) is 0 Å². The van der Waals surface area contributed by atoms with E-state index >= 15 is 0 Å². The molecule has 1 heterocycles. The van der Waals surface area contributed by atoms with Crippen molar-refractivity contribution in [1.82, 2.24) is 0 Å². The monoisotopic (exact) mass is 346 g/mol. The highest BCUT2D eigenvalue weighted by molar-refractivity contribution is 5.68. The van der Waals surface area contributed by atoms with E-state index < -0.39 is 54.4 Å². The Labute approximate surface area is 139 Å². The molecule has 1 aliphatic rings. The lowest BCUT2D eigenvalue weighted by Crippen LogP contribution is -2.58. The van der Waals surface area contributed by atoms with Crippen LogP contribution in [0.25, 0.3) is 0 Å². The Morgan fingerprint density at radius 3 is 1.75 bits per heavy atom. The van der Waals surface area contributed by atoms with Crippen molar-refractivity contribution in [3.8, 4) is 0 Å². The van der Waals surface area contributed by atoms with E-state index in [1.54, 1.807) is 6.92 Å². The Morgan fingerprint density at radius 1 is 0.792 bits per heavy atom. The van der Waals surface area contributed by atoms with Gasteiger partial charge in [-0.3, -0.25) is 19.2 Å². The number of rotatable bonds is 5. The SMILES string of the molecule is CC(=O)OCC1O[C@@H](OC(C)=O)C(OC(C)=O)[C@H](C)[C@H]1OC(C)=O. The molecule has 5 atom stereocenters. The molecule has 24 heavy (non-hydrogen) atoms. The van der Waals surface area contributed by atoms with Crippen LogP contribution in [-0.2, 0) is 42.9 Å². The van der Waals surface area contributed by atoms with Gasteiger partial charge in [-0.2, -0.15) is 0 Å². The summed E-state index contributed by atoms with van der Waals surface area (Å²) in [5.41, 5.74) is 0. The van der Waals surface area contributed by atoms with Gasteiger partial charge in [0.1, 0.15) is 18.8 Å². The van der Waals surface area contributed by atoms with E-state index in [1.165, 1.54) is 27.7 Å². The largest absolute Gasteiger partial charge is 0.463 e. The molecule has 136 valence electrons. The van der Waals surface area contributed by atoms with Gasteiger partial charge in [-0.25, -0.2) is 0 Å². The molecule has 0 aromatic heterocycles. The number of ether oxygens (including phenoxy) is 5. The van der Waals surface area contributed by atoms with Crippen LogP contribution in [-0.4, -0.2) is 55.1 Å². The summed E-state index contributed by atoms with van der Waals surface area (Å²) in [6, 6.07) is 0. The average molecular weight is 346 g/mol. The Morgan fingerprint density at radius 2 is 1.29 bits per heavy atom. The second-order valence-electron chi connectivity index (χ2n) is 5.46. The van der Waals surface area contributed by atoms with Gasteiger partial charge in [0, 0.05) is 33.6 Å². The second-order valence-corrected chi connectivity index (χ2v) is 5.46. The Balaban J connectivity index is 3.04. The van der Waals surface area contributed by atoms with Crippen LogP contribution in [0.2, 0.25) is 0 Å². The number of carbonyl (C=O) groups is 4. The van der Waals surface area contributed by atoms with Gasteiger partial charge < -0.3 is 23.7 Å². The second kappa shape index (κ2) is 8.62. The van der Waals surface area contributed by atoms with Gasteiger partial charge >= 0.3 is 23.9 Å². The van der Waals surface area contributed by atoms with Crippen LogP contribution in [0.15, 0.2) is 0 Å². The third-order valence-electron chi connectivity index (χ3n) is 3.32. The Bertz CT molecular complexity index is 499. The average Bonchev–Trinajstić information content (AvgIpc) is 2.42. The number of hydrogen-bond acceptors (Lipinski definition) is 9. The molecule has 9 nitrogen and oxygen atoms in total. The lowest BCUT2D eigenvalue weighted by molar-refractivity contribution is -0.285. The molecule has 0 aromatic rings. The summed E-state index contributed by atoms with van der Waals surface area (Å²) in [6.45, 7) is 6.26. The van der Waals surface area contributed by atoms with Crippen LogP contribution in [0.1, 0.15) is 34.6 Å². The van der Waals surface area contributed by atoms with Gasteiger partial charge in [0.25, 0.3) is 0 Å². The predicted molar refractivity (Wildman–Crippen MR) is 77.3 cm³/mol. The maximum absolute atomic E-state index is 11.4. The topological polar surface area (TPSA) is 114 Å². The van der Waals surface area contributed by atoms with E-state index in [-0.39, 0.29) is 6.61 Å². The minimum absolute atomic E-state index is 0.206. The first-order chi connectivity index (χ1) is 11.1. The standard InChI is InChI=1S/C15H22O9/c1-7-13(21-9(3)17)12(6-20-8(2)16)24-15(23-11(5)19)14(7)22-10(4)18/h7,12-15H,6H2,1-5H3/t7-,12?,13-,14?,15-/m1/s1. The highest BCUT2D eigenvalue weighted by atomic mass is 16.7. The van der Waals surface area contributed by atoms with E-state index in [9.17, 15) is 19.2 Å². The smallest absolute Gasteiger partial charge is 0.305 e. The van der Waals surface area contributed by atoms with Gasteiger partial charge in [-0.05, 0) is 0 Å². The quantitative estimate of drug-likeness (QED) is 0.513. The van der Waals surface area contributed by atoms with E-state index in [0.717, 1.165) is 0 Å². The molecule has 1 fully saturated rings. The van der Waals surface area contributed by atoms with Gasteiger partial charge in [0.15, 0.2) is 6.10 Å². The zero-order valence-electron chi connectivity index (χ0n) is 14.3. The molecular weight excluding hydrogens is 324 g/mol. The lowest BCUT2D eigenvalue weighted by Gasteiger charge is -2.43. The highest BCUT2D eigenvalue weighted by Crippen LogP contribution is 2.31. The molecule has 0 aliphatic carbocycles. The van der Waals surface area contributed by atoms with Crippen LogP contribution >= 0.6 is 0 Å². The van der Waals surface area contributed by atoms with Crippen molar-refractivity contribution >= 4 is 23.9 Å². The van der Waals surface area contributed by atoms with Crippen molar-refractivity contribution in [2.75, 3.05) is 6.61 Å². The van der Waals surface area contributed by atoms with Crippen LogP contribution in [0, 0.1) is 5.92 Å². The summed E-state index contributed by atoms with van der Waals surface area (Å²) < 4.78 is 25.9. The number of hydrogen-bond donors (Lipinski definition) is 0. The first-order valence-electron chi connectivity index (χ1n) is 7.42. The van der Waals surface area contributed by atoms with Crippen LogP contribution in [0.3, 0.4) is 0 Å². The van der Waals surface area contributed by atoms with Crippen molar-refractivity contribution < 1.29 is 42.9 Å². The molecule has 0 N–H and O–H groups in total. The fourth-order valence-corrected chi connectivity index (χ4v) is 2.42. The summed E-state index contributed by atoms with van der Waals surface area (Å²) >= 11 is 0. The molecule has 0 saturated carbocycles. The van der Waals surface area contributed by atoms with Gasteiger partial charge in [0.2, 0.25) is 6.29 Å². The van der Waals surface area contributed by atoms with Crippen molar-refractivity contribution in [2.24, 2.45) is 5.92 Å². The summed E-state index contributed by atoms with van der Waals surface area (Å²) in [6.07, 6.45) is -3.89. The highest BCUT2D eigenvalue weighted by Gasteiger charge is 2.49. The van der Waals surface area contributed by atoms with Gasteiger partial charge in [-0.15, -0.1) is 0 Å². The van der Waals surface area contributed by atoms with Gasteiger partial charge in [0.05, 0.1) is 0 Å². The number of esters is 4.